The summed E-state index contributed by atoms with van der Waals surface area (Å²) in [4.78, 5) is 20.0. The fraction of sp³-hybridized carbons (Fsp3) is 0.391. The molecule has 1 aliphatic heterocycles. The molecule has 0 N–H and O–H groups in total. The van der Waals surface area contributed by atoms with Gasteiger partial charge in [-0.05, 0) is 50.1 Å². The molecule has 2 aromatic carbocycles. The van der Waals surface area contributed by atoms with Gasteiger partial charge in [0, 0.05) is 6.61 Å². The number of ether oxygens (including phenoxy) is 2. The minimum absolute atomic E-state index is 0.0459. The molecule has 32 heavy (non-hydrogen) atoms. The molecule has 1 amide bonds. The quantitative estimate of drug-likeness (QED) is 0.483. The Balaban J connectivity index is 1.77. The van der Waals surface area contributed by atoms with Crippen molar-refractivity contribution in [1.29, 1.82) is 0 Å². The fourth-order valence-corrected chi connectivity index (χ4v) is 5.81. The summed E-state index contributed by atoms with van der Waals surface area (Å²) in [5, 5.41) is 0.512. The number of fused-ring (bicyclic) bond motifs is 1. The average molecular weight is 475 g/mol. The van der Waals surface area contributed by atoms with Crippen LogP contribution in [-0.2, 0) is 14.6 Å². The van der Waals surface area contributed by atoms with Crippen LogP contribution in [0.15, 0.2) is 47.4 Å². The molecule has 3 aromatic rings. The number of nitrogens with zero attached hydrogens (tertiary/aromatic N) is 2. The summed E-state index contributed by atoms with van der Waals surface area (Å²) in [6.45, 7) is 5.03. The maximum atomic E-state index is 13.7. The van der Waals surface area contributed by atoms with Gasteiger partial charge in [0.2, 0.25) is 0 Å². The number of rotatable bonds is 8. The summed E-state index contributed by atoms with van der Waals surface area (Å²) >= 11 is 1.38. The van der Waals surface area contributed by atoms with Gasteiger partial charge in [-0.2, -0.15) is 0 Å². The predicted molar refractivity (Wildman–Crippen MR) is 126 cm³/mol. The van der Waals surface area contributed by atoms with E-state index in [2.05, 4.69) is 4.98 Å². The van der Waals surface area contributed by atoms with Crippen LogP contribution in [0.3, 0.4) is 0 Å². The molecule has 0 bridgehead atoms. The van der Waals surface area contributed by atoms with Crippen molar-refractivity contribution in [3.63, 3.8) is 0 Å². The highest BCUT2D eigenvalue weighted by Crippen LogP contribution is 2.33. The second-order valence-electron chi connectivity index (χ2n) is 7.51. The van der Waals surface area contributed by atoms with Crippen molar-refractivity contribution in [3.8, 4) is 5.75 Å². The first-order chi connectivity index (χ1) is 15.4. The van der Waals surface area contributed by atoms with E-state index in [9.17, 15) is 13.2 Å². The molecule has 9 heteroatoms. The maximum absolute atomic E-state index is 13.7. The zero-order valence-electron chi connectivity index (χ0n) is 18.1. The molecular formula is C23H26N2O5S2. The van der Waals surface area contributed by atoms with Gasteiger partial charge in [-0.1, -0.05) is 30.4 Å². The number of aromatic nitrogens is 1. The van der Waals surface area contributed by atoms with Crippen LogP contribution < -0.4 is 9.64 Å². The van der Waals surface area contributed by atoms with E-state index in [-0.39, 0.29) is 22.3 Å². The molecule has 1 aromatic heterocycles. The largest absolute Gasteiger partial charge is 0.494 e. The third-order valence-electron chi connectivity index (χ3n) is 5.38. The monoisotopic (exact) mass is 474 g/mol. The van der Waals surface area contributed by atoms with E-state index in [1.54, 1.807) is 30.0 Å². The molecule has 4 rings (SSSR count). The second kappa shape index (κ2) is 9.56. The van der Waals surface area contributed by atoms with Gasteiger partial charge in [-0.25, -0.2) is 13.4 Å². The molecule has 7 nitrogen and oxygen atoms in total. The predicted octanol–water partition coefficient (Wildman–Crippen LogP) is 4.31. The van der Waals surface area contributed by atoms with Gasteiger partial charge < -0.3 is 9.47 Å². The number of carbonyl (C=O) groups is 1. The van der Waals surface area contributed by atoms with Crippen molar-refractivity contribution >= 4 is 42.4 Å². The SMILES string of the molecule is CCOc1ccc2nc(N(CC3CCCO3)C(=O)c3ccccc3S(=O)(=O)CC)sc2c1. The summed E-state index contributed by atoms with van der Waals surface area (Å²) in [5.41, 5.74) is 0.912. The fourth-order valence-electron chi connectivity index (χ4n) is 3.72. The van der Waals surface area contributed by atoms with E-state index >= 15 is 0 Å². The molecule has 0 spiro atoms. The van der Waals surface area contributed by atoms with Crippen molar-refractivity contribution in [2.24, 2.45) is 0 Å². The highest BCUT2D eigenvalue weighted by atomic mass is 32.2. The molecule has 0 aliphatic carbocycles. The number of anilines is 1. The van der Waals surface area contributed by atoms with Crippen molar-refractivity contribution in [2.75, 3.05) is 30.4 Å². The zero-order chi connectivity index (χ0) is 22.7. The Bertz CT molecular complexity index is 1220. The smallest absolute Gasteiger partial charge is 0.261 e. The van der Waals surface area contributed by atoms with Crippen molar-refractivity contribution in [1.82, 2.24) is 4.98 Å². The first-order valence-electron chi connectivity index (χ1n) is 10.7. The van der Waals surface area contributed by atoms with Crippen LogP contribution in [0.4, 0.5) is 5.13 Å². The maximum Gasteiger partial charge on any atom is 0.261 e. The highest BCUT2D eigenvalue weighted by molar-refractivity contribution is 7.91. The number of thiazole rings is 1. The molecule has 1 aliphatic rings. The molecule has 1 unspecified atom stereocenters. The van der Waals surface area contributed by atoms with E-state index in [1.807, 2.05) is 25.1 Å². The summed E-state index contributed by atoms with van der Waals surface area (Å²) < 4.78 is 37.6. The lowest BCUT2D eigenvalue weighted by molar-refractivity contribution is 0.0915. The van der Waals surface area contributed by atoms with Crippen molar-refractivity contribution < 1.29 is 22.7 Å². The van der Waals surface area contributed by atoms with Crippen molar-refractivity contribution in [3.05, 3.63) is 48.0 Å². The van der Waals surface area contributed by atoms with E-state index in [0.29, 0.717) is 24.9 Å². The Hall–Kier alpha value is -2.49. The van der Waals surface area contributed by atoms with Crippen LogP contribution in [0.1, 0.15) is 37.0 Å². The average Bonchev–Trinajstić information content (AvgIpc) is 3.46. The van der Waals surface area contributed by atoms with E-state index in [0.717, 1.165) is 28.8 Å². The van der Waals surface area contributed by atoms with E-state index < -0.39 is 15.7 Å². The van der Waals surface area contributed by atoms with Crippen LogP contribution in [0, 0.1) is 0 Å². The summed E-state index contributed by atoms with van der Waals surface area (Å²) in [6.07, 6.45) is 1.67. The number of hydrogen-bond donors (Lipinski definition) is 0. The standard InChI is InChI=1S/C23H26N2O5S2/c1-3-29-16-11-12-19-20(14-16)31-23(24-19)25(15-17-8-7-13-30-17)22(26)18-9-5-6-10-21(18)32(27,28)4-2/h5-6,9-12,14,17H,3-4,7-8,13,15H2,1-2H3. The number of sulfone groups is 1. The molecule has 1 fully saturated rings. The van der Waals surface area contributed by atoms with Gasteiger partial charge in [0.25, 0.3) is 5.91 Å². The van der Waals surface area contributed by atoms with Crippen LogP contribution in [-0.4, -0.2) is 50.9 Å². The normalized spacial score (nSPS) is 16.4. The Morgan fingerprint density at radius 3 is 2.78 bits per heavy atom. The topological polar surface area (TPSA) is 85.8 Å². The Kier molecular flexibility index (Phi) is 6.78. The number of benzene rings is 2. The van der Waals surface area contributed by atoms with Gasteiger partial charge in [-0.15, -0.1) is 0 Å². The molecular weight excluding hydrogens is 448 g/mol. The highest BCUT2D eigenvalue weighted by Gasteiger charge is 2.30. The molecule has 170 valence electrons. The van der Waals surface area contributed by atoms with Crippen molar-refractivity contribution in [2.45, 2.75) is 37.7 Å². The Morgan fingerprint density at radius 2 is 2.06 bits per heavy atom. The lowest BCUT2D eigenvalue weighted by atomic mass is 10.1. The summed E-state index contributed by atoms with van der Waals surface area (Å²) in [5.74, 6) is 0.272. The Labute approximate surface area is 191 Å². The van der Waals surface area contributed by atoms with Crippen LogP contribution >= 0.6 is 11.3 Å². The van der Waals surface area contributed by atoms with Gasteiger partial charge in [0.1, 0.15) is 5.75 Å². The Morgan fingerprint density at radius 1 is 1.25 bits per heavy atom. The number of carbonyl (C=O) groups excluding carboxylic acids is 1. The molecule has 0 saturated carbocycles. The van der Waals surface area contributed by atoms with Gasteiger partial charge >= 0.3 is 0 Å². The van der Waals surface area contributed by atoms with E-state index in [4.69, 9.17) is 9.47 Å². The zero-order valence-corrected chi connectivity index (χ0v) is 19.7. The molecule has 0 radical (unpaired) electrons. The van der Waals surface area contributed by atoms with Crippen LogP contribution in [0.25, 0.3) is 10.2 Å². The van der Waals surface area contributed by atoms with Crippen LogP contribution in [0.5, 0.6) is 5.75 Å². The van der Waals surface area contributed by atoms with Gasteiger partial charge in [0.05, 0.1) is 45.7 Å². The lowest BCUT2D eigenvalue weighted by Gasteiger charge is -2.24. The van der Waals surface area contributed by atoms with E-state index in [1.165, 1.54) is 17.4 Å². The summed E-state index contributed by atoms with van der Waals surface area (Å²) in [6, 6.07) is 12.0. The van der Waals surface area contributed by atoms with Crippen LogP contribution in [0.2, 0.25) is 0 Å². The number of amides is 1. The van der Waals surface area contributed by atoms with Gasteiger partial charge in [0.15, 0.2) is 15.0 Å². The third-order valence-corrected chi connectivity index (χ3v) is 8.21. The minimum atomic E-state index is -3.57. The first-order valence-corrected chi connectivity index (χ1v) is 13.2. The number of hydrogen-bond acceptors (Lipinski definition) is 7. The minimum Gasteiger partial charge on any atom is -0.494 e. The third kappa shape index (κ3) is 4.65. The first kappa shape index (κ1) is 22.7. The lowest BCUT2D eigenvalue weighted by Crippen LogP contribution is -2.38. The molecule has 1 atom stereocenters. The second-order valence-corrected chi connectivity index (χ2v) is 10.8. The summed E-state index contributed by atoms with van der Waals surface area (Å²) in [7, 11) is -3.57. The van der Waals surface area contributed by atoms with Gasteiger partial charge in [-0.3, -0.25) is 9.69 Å². The molecule has 2 heterocycles. The molecule has 1 saturated heterocycles.